The second-order valence-electron chi connectivity index (χ2n) is 6.39. The van der Waals surface area contributed by atoms with Crippen molar-refractivity contribution in [1.29, 1.82) is 0 Å². The quantitative estimate of drug-likeness (QED) is 0.696. The number of carbonyl (C=O) groups is 1. The molecule has 3 aromatic heterocycles. The van der Waals surface area contributed by atoms with Crippen LogP contribution in [0.5, 0.6) is 0 Å². The molecule has 0 radical (unpaired) electrons. The van der Waals surface area contributed by atoms with Crippen molar-refractivity contribution >= 4 is 11.6 Å². The molecule has 132 valence electrons. The zero-order chi connectivity index (χ0) is 17.4. The van der Waals surface area contributed by atoms with Crippen molar-refractivity contribution in [3.8, 4) is 0 Å². The third-order valence-electron chi connectivity index (χ3n) is 4.58. The van der Waals surface area contributed by atoms with Crippen LogP contribution in [0.1, 0.15) is 28.5 Å². The Kier molecular flexibility index (Phi) is 4.00. The van der Waals surface area contributed by atoms with Crippen molar-refractivity contribution in [3.05, 3.63) is 35.9 Å². The minimum atomic E-state index is 0.0362. The Morgan fingerprint density at radius 1 is 1.24 bits per heavy atom. The molecule has 9 nitrogen and oxygen atoms in total. The van der Waals surface area contributed by atoms with Crippen LogP contribution in [0.25, 0.3) is 5.65 Å². The van der Waals surface area contributed by atoms with Crippen molar-refractivity contribution < 1.29 is 9.32 Å². The second-order valence-corrected chi connectivity index (χ2v) is 6.39. The molecule has 4 rings (SSSR count). The number of amides is 1. The Balaban J connectivity index is 1.45. The van der Waals surface area contributed by atoms with Gasteiger partial charge < -0.3 is 14.0 Å². The maximum Gasteiger partial charge on any atom is 0.259 e. The van der Waals surface area contributed by atoms with Crippen molar-refractivity contribution in [2.45, 2.75) is 19.9 Å². The Labute approximate surface area is 144 Å². The maximum absolute atomic E-state index is 12.9. The van der Waals surface area contributed by atoms with Crippen molar-refractivity contribution in [1.82, 2.24) is 34.1 Å². The van der Waals surface area contributed by atoms with Gasteiger partial charge in [0.1, 0.15) is 11.2 Å². The first-order valence-corrected chi connectivity index (χ1v) is 8.41. The van der Waals surface area contributed by atoms with Crippen LogP contribution in [0.2, 0.25) is 0 Å². The average molecular weight is 343 g/mol. The molecule has 0 atom stereocenters. The molecule has 1 amide bonds. The van der Waals surface area contributed by atoms with E-state index < -0.39 is 0 Å². The van der Waals surface area contributed by atoms with Crippen LogP contribution in [0.3, 0.4) is 0 Å². The molecule has 9 heteroatoms. The van der Waals surface area contributed by atoms with Crippen LogP contribution < -0.4 is 0 Å². The lowest BCUT2D eigenvalue weighted by Crippen LogP contribution is -2.35. The Hall–Kier alpha value is -2.68. The van der Waals surface area contributed by atoms with Gasteiger partial charge in [-0.3, -0.25) is 9.69 Å². The van der Waals surface area contributed by atoms with Gasteiger partial charge in [-0.1, -0.05) is 5.16 Å². The molecule has 0 aromatic carbocycles. The Morgan fingerprint density at radius 2 is 2.12 bits per heavy atom. The molecule has 3 aromatic rings. The zero-order valence-electron chi connectivity index (χ0n) is 14.4. The number of hydrogen-bond donors (Lipinski definition) is 0. The van der Waals surface area contributed by atoms with Gasteiger partial charge in [-0.15, -0.1) is 0 Å². The van der Waals surface area contributed by atoms with E-state index in [2.05, 4.69) is 20.1 Å². The van der Waals surface area contributed by atoms with Crippen molar-refractivity contribution in [2.24, 2.45) is 7.05 Å². The number of carbonyl (C=O) groups excluding carboxylic acids is 1. The number of aryl methyl sites for hydroxylation is 2. The summed E-state index contributed by atoms with van der Waals surface area (Å²) < 4.78 is 8.68. The van der Waals surface area contributed by atoms with Gasteiger partial charge in [0.15, 0.2) is 5.82 Å². The SMILES string of the molecule is Cc1nc(CN2CCCN(C(=O)c3cnn4ccn(C)c34)CC2)no1. The highest BCUT2D eigenvalue weighted by atomic mass is 16.5. The van der Waals surface area contributed by atoms with E-state index in [-0.39, 0.29) is 5.91 Å². The third-order valence-corrected chi connectivity index (χ3v) is 4.58. The lowest BCUT2D eigenvalue weighted by Gasteiger charge is -2.21. The van der Waals surface area contributed by atoms with E-state index >= 15 is 0 Å². The van der Waals surface area contributed by atoms with E-state index in [1.165, 1.54) is 0 Å². The molecule has 0 saturated carbocycles. The van der Waals surface area contributed by atoms with Gasteiger partial charge in [0.25, 0.3) is 5.91 Å². The smallest absolute Gasteiger partial charge is 0.259 e. The Bertz CT molecular complexity index is 893. The lowest BCUT2D eigenvalue weighted by molar-refractivity contribution is 0.0762. The van der Waals surface area contributed by atoms with Crippen LogP contribution in [-0.4, -0.2) is 66.2 Å². The first-order chi connectivity index (χ1) is 12.1. The molecule has 1 aliphatic rings. The van der Waals surface area contributed by atoms with Gasteiger partial charge >= 0.3 is 0 Å². The molecule has 1 saturated heterocycles. The summed E-state index contributed by atoms with van der Waals surface area (Å²) in [6, 6.07) is 0. The molecule has 0 bridgehead atoms. The van der Waals surface area contributed by atoms with Crippen LogP contribution in [0.4, 0.5) is 0 Å². The minimum absolute atomic E-state index is 0.0362. The summed E-state index contributed by atoms with van der Waals surface area (Å²) in [6.45, 7) is 5.55. The summed E-state index contributed by atoms with van der Waals surface area (Å²) in [5.74, 6) is 1.31. The lowest BCUT2D eigenvalue weighted by atomic mass is 10.2. The molecule has 0 unspecified atom stereocenters. The largest absolute Gasteiger partial charge is 0.340 e. The maximum atomic E-state index is 12.9. The molecule has 1 fully saturated rings. The van der Waals surface area contributed by atoms with Gasteiger partial charge in [0, 0.05) is 52.5 Å². The number of aromatic nitrogens is 5. The fraction of sp³-hybridized carbons (Fsp3) is 0.500. The number of nitrogens with zero attached hydrogens (tertiary/aromatic N) is 7. The van der Waals surface area contributed by atoms with Crippen LogP contribution in [0.15, 0.2) is 23.1 Å². The van der Waals surface area contributed by atoms with E-state index in [9.17, 15) is 4.79 Å². The molecule has 4 heterocycles. The molecular weight excluding hydrogens is 322 g/mol. The normalized spacial score (nSPS) is 16.5. The number of hydrogen-bond acceptors (Lipinski definition) is 6. The monoisotopic (exact) mass is 343 g/mol. The average Bonchev–Trinajstić information content (AvgIpc) is 3.23. The van der Waals surface area contributed by atoms with E-state index in [1.54, 1.807) is 17.6 Å². The van der Waals surface area contributed by atoms with E-state index in [0.29, 0.717) is 30.4 Å². The summed E-state index contributed by atoms with van der Waals surface area (Å²) in [5, 5.41) is 8.21. The standard InChI is InChI=1S/C16H21N7O2/c1-12-18-14(19-25-12)11-21-4-3-5-22(8-7-21)16(24)13-10-17-23-9-6-20(2)15(13)23/h6,9-10H,3-5,7-8,11H2,1-2H3. The van der Waals surface area contributed by atoms with Gasteiger partial charge in [0.2, 0.25) is 5.89 Å². The van der Waals surface area contributed by atoms with E-state index in [4.69, 9.17) is 4.52 Å². The van der Waals surface area contributed by atoms with Crippen LogP contribution in [-0.2, 0) is 13.6 Å². The summed E-state index contributed by atoms with van der Waals surface area (Å²) in [7, 11) is 1.92. The molecule has 0 N–H and O–H groups in total. The second kappa shape index (κ2) is 6.32. The topological polar surface area (TPSA) is 84.7 Å². The fourth-order valence-corrected chi connectivity index (χ4v) is 3.31. The zero-order valence-corrected chi connectivity index (χ0v) is 14.4. The van der Waals surface area contributed by atoms with Gasteiger partial charge in [-0.05, 0) is 6.42 Å². The number of rotatable bonds is 3. The van der Waals surface area contributed by atoms with Crippen molar-refractivity contribution in [3.63, 3.8) is 0 Å². The number of imidazole rings is 1. The van der Waals surface area contributed by atoms with Crippen molar-refractivity contribution in [2.75, 3.05) is 26.2 Å². The predicted molar refractivity (Wildman–Crippen MR) is 89.0 cm³/mol. The molecular formula is C16H21N7O2. The first-order valence-electron chi connectivity index (χ1n) is 8.41. The predicted octanol–water partition coefficient (Wildman–Crippen LogP) is 0.712. The summed E-state index contributed by atoms with van der Waals surface area (Å²) in [6.07, 6.45) is 6.32. The number of fused-ring (bicyclic) bond motifs is 1. The molecule has 25 heavy (non-hydrogen) atoms. The summed E-state index contributed by atoms with van der Waals surface area (Å²) >= 11 is 0. The van der Waals surface area contributed by atoms with Gasteiger partial charge in [0.05, 0.1) is 12.7 Å². The van der Waals surface area contributed by atoms with E-state index in [0.717, 1.165) is 31.7 Å². The van der Waals surface area contributed by atoms with Gasteiger partial charge in [-0.2, -0.15) is 10.1 Å². The van der Waals surface area contributed by atoms with Crippen LogP contribution in [0, 0.1) is 6.92 Å². The van der Waals surface area contributed by atoms with Gasteiger partial charge in [-0.25, -0.2) is 4.52 Å². The first kappa shape index (κ1) is 15.8. The highest BCUT2D eigenvalue weighted by Crippen LogP contribution is 2.15. The fourth-order valence-electron chi connectivity index (χ4n) is 3.31. The summed E-state index contributed by atoms with van der Waals surface area (Å²) in [4.78, 5) is 21.4. The Morgan fingerprint density at radius 3 is 2.92 bits per heavy atom. The summed E-state index contributed by atoms with van der Waals surface area (Å²) in [5.41, 5.74) is 1.48. The van der Waals surface area contributed by atoms with E-state index in [1.807, 2.05) is 28.9 Å². The minimum Gasteiger partial charge on any atom is -0.340 e. The third kappa shape index (κ3) is 3.02. The van der Waals surface area contributed by atoms with Crippen LogP contribution >= 0.6 is 0 Å². The highest BCUT2D eigenvalue weighted by Gasteiger charge is 2.24. The highest BCUT2D eigenvalue weighted by molar-refractivity contribution is 5.99. The molecule has 0 spiro atoms. The molecule has 0 aliphatic carbocycles. The molecule has 1 aliphatic heterocycles.